The number of imidazole rings is 1. The van der Waals surface area contributed by atoms with E-state index in [1.165, 1.54) is 54.4 Å². The average Bonchev–Trinajstić information content (AvgIpc) is 3.07. The molecule has 1 amide bonds. The minimum atomic E-state index is -0.514. The third-order valence-corrected chi connectivity index (χ3v) is 4.22. The molecule has 132 valence electrons. The highest BCUT2D eigenvalue weighted by molar-refractivity contribution is 7.98. The molecular weight excluding hydrogens is 359 g/mol. The van der Waals surface area contributed by atoms with Crippen LogP contribution in [0.25, 0.3) is 5.69 Å². The minimum Gasteiger partial charge on any atom is -0.321 e. The van der Waals surface area contributed by atoms with Crippen LogP contribution in [-0.4, -0.2) is 26.6 Å². The van der Waals surface area contributed by atoms with E-state index < -0.39 is 10.8 Å². The zero-order chi connectivity index (χ0) is 18.7. The van der Waals surface area contributed by atoms with E-state index in [0.717, 1.165) is 0 Å². The normalized spacial score (nSPS) is 10.5. The van der Waals surface area contributed by atoms with Crippen molar-refractivity contribution in [3.63, 3.8) is 0 Å². The lowest BCUT2D eigenvalue weighted by atomic mass is 10.2. The van der Waals surface area contributed by atoms with E-state index in [2.05, 4.69) is 10.3 Å². The molecule has 0 spiro atoms. The van der Waals surface area contributed by atoms with Crippen LogP contribution in [0.2, 0.25) is 0 Å². The van der Waals surface area contributed by atoms with Gasteiger partial charge >= 0.3 is 0 Å². The molecule has 0 aliphatic rings. The fraction of sp³-hybridized carbons (Fsp3) is 0.0588. The summed E-state index contributed by atoms with van der Waals surface area (Å²) in [5.41, 5.74) is 1.21. The first-order valence-electron chi connectivity index (χ1n) is 7.43. The maximum absolute atomic E-state index is 13.2. The number of thioether (sulfide) groups is 1. The van der Waals surface area contributed by atoms with E-state index in [0.29, 0.717) is 16.5 Å². The summed E-state index contributed by atoms with van der Waals surface area (Å²) in [7, 11) is 0. The molecule has 0 fully saturated rings. The number of rotatable bonds is 5. The Hall–Kier alpha value is -3.20. The Bertz CT molecular complexity index is 955. The van der Waals surface area contributed by atoms with Crippen LogP contribution in [0, 0.1) is 15.9 Å². The van der Waals surface area contributed by atoms with Gasteiger partial charge in [-0.2, -0.15) is 0 Å². The molecule has 7 nitrogen and oxygen atoms in total. The Morgan fingerprint density at radius 1 is 1.19 bits per heavy atom. The SMILES string of the molecule is CSc1ncc(C(=O)Nc2ccc([N+](=O)[O-])cc2)n1-c1ccc(F)cc1. The standard InChI is InChI=1S/C17H13FN4O3S/c1-26-17-19-10-15(21(17)13-6-2-11(18)3-7-13)16(23)20-12-4-8-14(9-5-12)22(24)25/h2-10H,1H3,(H,20,23). The number of anilines is 1. The van der Waals surface area contributed by atoms with E-state index in [9.17, 15) is 19.3 Å². The Balaban J connectivity index is 1.91. The number of benzene rings is 2. The van der Waals surface area contributed by atoms with Crippen molar-refractivity contribution < 1.29 is 14.1 Å². The highest BCUT2D eigenvalue weighted by Gasteiger charge is 2.18. The molecule has 1 aromatic heterocycles. The minimum absolute atomic E-state index is 0.0657. The molecule has 26 heavy (non-hydrogen) atoms. The zero-order valence-corrected chi connectivity index (χ0v) is 14.4. The van der Waals surface area contributed by atoms with Crippen LogP contribution in [0.15, 0.2) is 59.9 Å². The second-order valence-electron chi connectivity index (χ2n) is 5.20. The van der Waals surface area contributed by atoms with Crippen molar-refractivity contribution in [3.8, 4) is 5.69 Å². The van der Waals surface area contributed by atoms with Gasteiger partial charge in [0, 0.05) is 23.5 Å². The first-order valence-corrected chi connectivity index (χ1v) is 8.65. The lowest BCUT2D eigenvalue weighted by molar-refractivity contribution is -0.384. The van der Waals surface area contributed by atoms with Crippen molar-refractivity contribution >= 4 is 29.0 Å². The summed E-state index contributed by atoms with van der Waals surface area (Å²) in [6.07, 6.45) is 3.25. The van der Waals surface area contributed by atoms with Crippen LogP contribution in [-0.2, 0) is 0 Å². The summed E-state index contributed by atoms with van der Waals surface area (Å²) in [6.45, 7) is 0. The van der Waals surface area contributed by atoms with Crippen molar-refractivity contribution in [2.75, 3.05) is 11.6 Å². The van der Waals surface area contributed by atoms with Crippen LogP contribution in [0.5, 0.6) is 0 Å². The summed E-state index contributed by atoms with van der Waals surface area (Å²) in [4.78, 5) is 27.0. The number of carbonyl (C=O) groups excluding carboxylic acids is 1. The Labute approximate surface area is 152 Å². The molecule has 1 heterocycles. The van der Waals surface area contributed by atoms with Crippen LogP contribution in [0.1, 0.15) is 10.5 Å². The van der Waals surface area contributed by atoms with Crippen LogP contribution < -0.4 is 5.32 Å². The molecule has 3 rings (SSSR count). The van der Waals surface area contributed by atoms with E-state index in [-0.39, 0.29) is 17.2 Å². The number of hydrogen-bond donors (Lipinski definition) is 1. The van der Waals surface area contributed by atoms with Gasteiger partial charge < -0.3 is 5.32 Å². The Kier molecular flexibility index (Phi) is 4.99. The van der Waals surface area contributed by atoms with Gasteiger partial charge in [-0.3, -0.25) is 19.5 Å². The monoisotopic (exact) mass is 372 g/mol. The number of nitro benzene ring substituents is 1. The maximum Gasteiger partial charge on any atom is 0.274 e. The average molecular weight is 372 g/mol. The molecule has 0 aliphatic heterocycles. The second kappa shape index (κ2) is 7.36. The van der Waals surface area contributed by atoms with Crippen LogP contribution in [0.3, 0.4) is 0 Å². The van der Waals surface area contributed by atoms with Gasteiger partial charge in [-0.25, -0.2) is 9.37 Å². The molecule has 0 aliphatic carbocycles. The van der Waals surface area contributed by atoms with Gasteiger partial charge in [0.1, 0.15) is 11.5 Å². The lowest BCUT2D eigenvalue weighted by Gasteiger charge is -2.11. The van der Waals surface area contributed by atoms with Crippen molar-refractivity contribution in [1.82, 2.24) is 9.55 Å². The van der Waals surface area contributed by atoms with Gasteiger partial charge in [-0.1, -0.05) is 11.8 Å². The number of hydrogen-bond acceptors (Lipinski definition) is 5. The predicted octanol–water partition coefficient (Wildman–Crippen LogP) is 3.89. The predicted molar refractivity (Wildman–Crippen MR) is 96.4 cm³/mol. The van der Waals surface area contributed by atoms with E-state index >= 15 is 0 Å². The number of nitrogens with one attached hydrogen (secondary N) is 1. The van der Waals surface area contributed by atoms with Crippen LogP contribution >= 0.6 is 11.8 Å². The molecule has 0 saturated heterocycles. The van der Waals surface area contributed by atoms with Gasteiger partial charge in [0.15, 0.2) is 5.16 Å². The molecule has 0 bridgehead atoms. The summed E-state index contributed by atoms with van der Waals surface area (Å²) >= 11 is 1.35. The van der Waals surface area contributed by atoms with Gasteiger partial charge in [0.25, 0.3) is 11.6 Å². The molecule has 0 saturated carbocycles. The van der Waals surface area contributed by atoms with E-state index in [4.69, 9.17) is 0 Å². The largest absolute Gasteiger partial charge is 0.321 e. The van der Waals surface area contributed by atoms with Crippen molar-refractivity contribution in [3.05, 3.63) is 76.4 Å². The smallest absolute Gasteiger partial charge is 0.274 e. The lowest BCUT2D eigenvalue weighted by Crippen LogP contribution is -2.16. The number of aromatic nitrogens is 2. The molecule has 0 atom stereocenters. The number of amides is 1. The summed E-state index contributed by atoms with van der Waals surface area (Å²) in [5, 5.41) is 13.9. The number of non-ortho nitro benzene ring substituents is 1. The maximum atomic E-state index is 13.2. The van der Waals surface area contributed by atoms with Crippen molar-refractivity contribution in [1.29, 1.82) is 0 Å². The van der Waals surface area contributed by atoms with Gasteiger partial charge in [-0.15, -0.1) is 0 Å². The third-order valence-electron chi connectivity index (χ3n) is 3.57. The van der Waals surface area contributed by atoms with Crippen molar-refractivity contribution in [2.45, 2.75) is 5.16 Å². The number of carbonyl (C=O) groups is 1. The Morgan fingerprint density at radius 3 is 2.42 bits per heavy atom. The Morgan fingerprint density at radius 2 is 1.85 bits per heavy atom. The third kappa shape index (κ3) is 3.57. The molecule has 0 radical (unpaired) electrons. The van der Waals surface area contributed by atoms with Crippen molar-refractivity contribution in [2.24, 2.45) is 0 Å². The molecule has 2 aromatic carbocycles. The molecule has 3 aromatic rings. The van der Waals surface area contributed by atoms with Crippen LogP contribution in [0.4, 0.5) is 15.8 Å². The second-order valence-corrected chi connectivity index (χ2v) is 5.97. The first-order chi connectivity index (χ1) is 12.5. The number of nitrogens with zero attached hydrogens (tertiary/aromatic N) is 3. The summed E-state index contributed by atoms with van der Waals surface area (Å²) < 4.78 is 14.8. The quantitative estimate of drug-likeness (QED) is 0.417. The topological polar surface area (TPSA) is 90.1 Å². The highest BCUT2D eigenvalue weighted by atomic mass is 32.2. The van der Waals surface area contributed by atoms with E-state index in [1.54, 1.807) is 16.7 Å². The van der Waals surface area contributed by atoms with Gasteiger partial charge in [0.2, 0.25) is 0 Å². The molecule has 1 N–H and O–H groups in total. The van der Waals surface area contributed by atoms with Gasteiger partial charge in [-0.05, 0) is 42.7 Å². The molecule has 9 heteroatoms. The number of halogens is 1. The fourth-order valence-corrected chi connectivity index (χ4v) is 2.88. The fourth-order valence-electron chi connectivity index (χ4n) is 2.34. The molecule has 0 unspecified atom stereocenters. The van der Waals surface area contributed by atoms with Gasteiger partial charge in [0.05, 0.1) is 11.1 Å². The zero-order valence-electron chi connectivity index (χ0n) is 13.5. The summed E-state index contributed by atoms with van der Waals surface area (Å²) in [6, 6.07) is 11.2. The van der Waals surface area contributed by atoms with E-state index in [1.807, 2.05) is 6.26 Å². The first kappa shape index (κ1) is 17.6. The summed E-state index contributed by atoms with van der Waals surface area (Å²) in [5.74, 6) is -0.813. The highest BCUT2D eigenvalue weighted by Crippen LogP contribution is 2.23. The number of nitro groups is 1. The molecular formula is C17H13FN4O3S.